The lowest BCUT2D eigenvalue weighted by molar-refractivity contribution is -0.143. The van der Waals surface area contributed by atoms with E-state index in [4.69, 9.17) is 21.4 Å². The van der Waals surface area contributed by atoms with Crippen LogP contribution in [0.2, 0.25) is 0 Å². The number of ether oxygens (including phenoxy) is 1. The van der Waals surface area contributed by atoms with Gasteiger partial charge in [-0.05, 0) is 55.4 Å². The summed E-state index contributed by atoms with van der Waals surface area (Å²) in [6, 6.07) is 6.85. The average molecular weight is 453 g/mol. The van der Waals surface area contributed by atoms with E-state index in [-0.39, 0.29) is 34.5 Å². The van der Waals surface area contributed by atoms with Crippen LogP contribution in [0.3, 0.4) is 0 Å². The third-order valence-electron chi connectivity index (χ3n) is 5.19. The summed E-state index contributed by atoms with van der Waals surface area (Å²) in [5.41, 5.74) is 0.500. The minimum atomic E-state index is -0.735. The largest absolute Gasteiger partial charge is 0.490 e. The number of aliphatic carboxylic acids is 1. The summed E-state index contributed by atoms with van der Waals surface area (Å²) in [5.74, 6) is -0.717. The first-order valence-corrected chi connectivity index (χ1v) is 11.3. The monoisotopic (exact) mass is 452 g/mol. The molecule has 1 aliphatic heterocycles. The summed E-state index contributed by atoms with van der Waals surface area (Å²) >= 11 is 7.42. The molecule has 0 aromatic heterocycles. The van der Waals surface area contributed by atoms with E-state index in [0.29, 0.717) is 50.1 Å². The van der Waals surface area contributed by atoms with Crippen molar-refractivity contribution in [1.82, 2.24) is 10.6 Å². The number of rotatable bonds is 8. The molecule has 1 saturated carbocycles. The highest BCUT2D eigenvalue weighted by molar-refractivity contribution is 8.03. The highest BCUT2D eigenvalue weighted by Gasteiger charge is 2.28. The number of thioether (sulfide) groups is 1. The molecule has 2 unspecified atom stereocenters. The zero-order valence-corrected chi connectivity index (χ0v) is 18.0. The van der Waals surface area contributed by atoms with Crippen LogP contribution in [0.5, 0.6) is 5.75 Å². The maximum Gasteiger partial charge on any atom is 0.306 e. The molecule has 0 saturated heterocycles. The minimum Gasteiger partial charge on any atom is -0.490 e. The van der Waals surface area contributed by atoms with Crippen molar-refractivity contribution in [3.8, 4) is 5.75 Å². The van der Waals surface area contributed by atoms with Crippen molar-refractivity contribution in [3.05, 3.63) is 41.3 Å². The summed E-state index contributed by atoms with van der Waals surface area (Å²) in [4.78, 5) is 35.3. The van der Waals surface area contributed by atoms with Crippen LogP contribution in [0.25, 0.3) is 0 Å². The molecule has 7 nitrogen and oxygen atoms in total. The van der Waals surface area contributed by atoms with Gasteiger partial charge in [-0.15, -0.1) is 23.4 Å². The van der Waals surface area contributed by atoms with Crippen molar-refractivity contribution < 1.29 is 24.2 Å². The molecule has 2 aliphatic rings. The molecule has 2 atom stereocenters. The summed E-state index contributed by atoms with van der Waals surface area (Å²) < 4.78 is 5.91. The van der Waals surface area contributed by atoms with Gasteiger partial charge >= 0.3 is 5.97 Å². The fraction of sp³-hybridized carbons (Fsp3) is 0.476. The zero-order chi connectivity index (χ0) is 21.5. The fourth-order valence-electron chi connectivity index (χ4n) is 3.46. The van der Waals surface area contributed by atoms with Gasteiger partial charge in [0.15, 0.2) is 0 Å². The van der Waals surface area contributed by atoms with Crippen LogP contribution < -0.4 is 15.4 Å². The van der Waals surface area contributed by atoms with Gasteiger partial charge in [0.2, 0.25) is 5.91 Å². The Hall–Kier alpha value is -2.19. The third kappa shape index (κ3) is 6.15. The van der Waals surface area contributed by atoms with E-state index in [1.807, 2.05) is 5.41 Å². The van der Waals surface area contributed by atoms with Crippen LogP contribution in [-0.4, -0.2) is 52.7 Å². The molecule has 0 radical (unpaired) electrons. The van der Waals surface area contributed by atoms with Gasteiger partial charge < -0.3 is 20.5 Å². The Bertz CT molecular complexity index is 793. The van der Waals surface area contributed by atoms with E-state index in [0.717, 1.165) is 0 Å². The van der Waals surface area contributed by atoms with Crippen LogP contribution >= 0.6 is 23.4 Å². The van der Waals surface area contributed by atoms with Crippen molar-refractivity contribution >= 4 is 41.1 Å². The molecular formula is C21H25ClN2O5S. The highest BCUT2D eigenvalue weighted by Crippen LogP contribution is 2.29. The number of alkyl halides is 1. The molecule has 9 heteroatoms. The molecule has 3 N–H and O–H groups in total. The second-order valence-electron chi connectivity index (χ2n) is 7.33. The first kappa shape index (κ1) is 22.5. The second-order valence-corrected chi connectivity index (χ2v) is 8.89. The molecule has 1 heterocycles. The van der Waals surface area contributed by atoms with Gasteiger partial charge in [-0.2, -0.15) is 0 Å². The Morgan fingerprint density at radius 2 is 1.73 bits per heavy atom. The Labute approximate surface area is 184 Å². The van der Waals surface area contributed by atoms with E-state index < -0.39 is 5.97 Å². The third-order valence-corrected chi connectivity index (χ3v) is 6.85. The zero-order valence-electron chi connectivity index (χ0n) is 16.4. The minimum absolute atomic E-state index is 0.00436. The number of hydrogen-bond donors (Lipinski definition) is 3. The second kappa shape index (κ2) is 10.7. The lowest BCUT2D eigenvalue weighted by Gasteiger charge is -2.26. The molecular weight excluding hydrogens is 428 g/mol. The predicted molar refractivity (Wildman–Crippen MR) is 116 cm³/mol. The molecule has 0 spiro atoms. The average Bonchev–Trinajstić information content (AvgIpc) is 3.18. The number of carboxylic acid groups (broad SMARTS) is 1. The lowest BCUT2D eigenvalue weighted by atomic mass is 9.87. The number of amides is 2. The number of carbonyl (C=O) groups excluding carboxylic acids is 2. The van der Waals surface area contributed by atoms with Crippen molar-refractivity contribution in [2.75, 3.05) is 13.1 Å². The molecule has 0 bridgehead atoms. The topological polar surface area (TPSA) is 105 Å². The first-order valence-electron chi connectivity index (χ1n) is 9.95. The number of carbonyl (C=O) groups is 3. The van der Waals surface area contributed by atoms with Gasteiger partial charge in [0.05, 0.1) is 17.4 Å². The molecule has 3 rings (SSSR count). The van der Waals surface area contributed by atoms with Crippen molar-refractivity contribution in [3.63, 3.8) is 0 Å². The smallest absolute Gasteiger partial charge is 0.306 e. The number of allylic oxidation sites excluding steroid dienone is 1. The maximum atomic E-state index is 12.2. The number of benzene rings is 1. The standard InChI is InChI=1S/C21H25ClN2O5S/c22-17-9-12-30-18(17)20(26)24-11-10-23-19(25)13-1-5-15(6-2-13)29-16-7-3-14(4-8-16)21(27)28/h1-2,5-6,9,12,14,16-18H,3-4,7-8,10-11H2,(H,23,25)(H,24,26)(H,27,28). The van der Waals surface area contributed by atoms with Gasteiger partial charge in [0, 0.05) is 18.7 Å². The Morgan fingerprint density at radius 3 is 2.33 bits per heavy atom. The lowest BCUT2D eigenvalue weighted by Crippen LogP contribution is -2.40. The molecule has 1 aromatic rings. The quantitative estimate of drug-likeness (QED) is 0.414. The molecule has 1 aromatic carbocycles. The van der Waals surface area contributed by atoms with E-state index in [2.05, 4.69) is 10.6 Å². The van der Waals surface area contributed by atoms with Gasteiger partial charge in [-0.1, -0.05) is 6.08 Å². The molecule has 162 valence electrons. The number of nitrogens with one attached hydrogen (secondary N) is 2. The highest BCUT2D eigenvalue weighted by atomic mass is 35.5. The number of halogens is 1. The molecule has 1 fully saturated rings. The molecule has 2 amide bonds. The predicted octanol–water partition coefficient (Wildman–Crippen LogP) is 2.79. The number of hydrogen-bond acceptors (Lipinski definition) is 5. The Kier molecular flexibility index (Phi) is 8.04. The Morgan fingerprint density at radius 1 is 1.07 bits per heavy atom. The van der Waals surface area contributed by atoms with E-state index >= 15 is 0 Å². The molecule has 30 heavy (non-hydrogen) atoms. The maximum absolute atomic E-state index is 12.2. The van der Waals surface area contributed by atoms with Crippen molar-refractivity contribution in [1.29, 1.82) is 0 Å². The summed E-state index contributed by atoms with van der Waals surface area (Å²) in [6.45, 7) is 0.638. The van der Waals surface area contributed by atoms with E-state index in [9.17, 15) is 14.4 Å². The SMILES string of the molecule is O=C(NCCNC(=O)C1SC=CC1Cl)c1ccc(OC2CCC(C(=O)O)CC2)cc1. The van der Waals surface area contributed by atoms with Gasteiger partial charge in [-0.25, -0.2) is 0 Å². The van der Waals surface area contributed by atoms with Crippen molar-refractivity contribution in [2.45, 2.75) is 42.4 Å². The first-order chi connectivity index (χ1) is 14.4. The summed E-state index contributed by atoms with van der Waals surface area (Å²) in [7, 11) is 0. The van der Waals surface area contributed by atoms with Gasteiger partial charge in [0.25, 0.3) is 5.91 Å². The summed E-state index contributed by atoms with van der Waals surface area (Å²) in [6.07, 6.45) is 4.46. The normalized spacial score (nSPS) is 25.5. The molecule has 1 aliphatic carbocycles. The van der Waals surface area contributed by atoms with Crippen LogP contribution in [-0.2, 0) is 9.59 Å². The van der Waals surface area contributed by atoms with Crippen molar-refractivity contribution in [2.24, 2.45) is 5.92 Å². The Balaban J connectivity index is 1.36. The number of carboxylic acids is 1. The van der Waals surface area contributed by atoms with Crippen LogP contribution in [0, 0.1) is 5.92 Å². The van der Waals surface area contributed by atoms with Crippen LogP contribution in [0.4, 0.5) is 0 Å². The summed E-state index contributed by atoms with van der Waals surface area (Å²) in [5, 5.41) is 15.8. The van der Waals surface area contributed by atoms with Gasteiger partial charge in [-0.3, -0.25) is 14.4 Å². The fourth-order valence-corrected chi connectivity index (χ4v) is 4.79. The van der Waals surface area contributed by atoms with Gasteiger partial charge in [0.1, 0.15) is 11.0 Å². The van der Waals surface area contributed by atoms with Crippen LogP contribution in [0.1, 0.15) is 36.0 Å². The van der Waals surface area contributed by atoms with E-state index in [1.54, 1.807) is 30.3 Å². The van der Waals surface area contributed by atoms with E-state index in [1.165, 1.54) is 11.8 Å². The van der Waals surface area contributed by atoms with Crippen LogP contribution in [0.15, 0.2) is 35.7 Å².